The van der Waals surface area contributed by atoms with Crippen molar-refractivity contribution < 1.29 is 37.4 Å². The molecule has 2 aromatic rings. The summed E-state index contributed by atoms with van der Waals surface area (Å²) >= 11 is 0. The molecule has 12 nitrogen and oxygen atoms in total. The standard InChI is InChI=1S/C37H58N3O9P/c1-5-6-7-8-9-10-11-12-13-14-15-16-18-21-32(41)26-31-24-25-40(37(43)38-31)34-27-45-35(48-34)28-46-50(44,49-33-22-19-17-20-23-33)39-30(4)36(42)47-29(2)3/h17,19-20,22-25,29-30,34-35H,5-16,18,21,26-28H2,1-4H3,(H,39,44)/t30-,34-,35-,50?/m0/s1. The van der Waals surface area contributed by atoms with Crippen molar-refractivity contribution in [3.05, 3.63) is 58.8 Å². The van der Waals surface area contributed by atoms with Crippen LogP contribution >= 0.6 is 7.75 Å². The van der Waals surface area contributed by atoms with E-state index in [-0.39, 0.29) is 37.3 Å². The quantitative estimate of drug-likeness (QED) is 0.0577. The summed E-state index contributed by atoms with van der Waals surface area (Å²) in [5.41, 5.74) is -0.149. The molecule has 0 radical (unpaired) electrons. The summed E-state index contributed by atoms with van der Waals surface area (Å²) in [6.07, 6.45) is 16.2. The van der Waals surface area contributed by atoms with Gasteiger partial charge in [-0.2, -0.15) is 10.1 Å². The van der Waals surface area contributed by atoms with Crippen molar-refractivity contribution in [2.24, 2.45) is 0 Å². The Bertz CT molecular complexity index is 1390. The molecule has 1 aliphatic heterocycles. The predicted molar refractivity (Wildman–Crippen MR) is 192 cm³/mol. The molecule has 0 bridgehead atoms. The van der Waals surface area contributed by atoms with Gasteiger partial charge in [0.2, 0.25) is 0 Å². The lowest BCUT2D eigenvalue weighted by molar-refractivity contribution is -0.149. The lowest BCUT2D eigenvalue weighted by atomic mass is 10.0. The summed E-state index contributed by atoms with van der Waals surface area (Å²) in [5, 5.41) is 2.61. The molecule has 4 atom stereocenters. The van der Waals surface area contributed by atoms with Crippen LogP contribution in [0.25, 0.3) is 0 Å². The van der Waals surface area contributed by atoms with Gasteiger partial charge in [0.25, 0.3) is 0 Å². The van der Waals surface area contributed by atoms with Crippen molar-refractivity contribution in [1.82, 2.24) is 14.6 Å². The number of Topliss-reactive ketones (excluding diaryl/α,β-unsaturated/α-hetero) is 1. The topological polar surface area (TPSA) is 144 Å². The molecule has 0 saturated carbocycles. The van der Waals surface area contributed by atoms with Crippen LogP contribution in [0, 0.1) is 0 Å². The minimum atomic E-state index is -4.12. The van der Waals surface area contributed by atoms with Gasteiger partial charge in [0.05, 0.1) is 18.4 Å². The average Bonchev–Trinajstić information content (AvgIpc) is 3.55. The maximum atomic E-state index is 13.7. The first kappa shape index (κ1) is 41.5. The maximum absolute atomic E-state index is 13.7. The number of hydrogen-bond donors (Lipinski definition) is 1. The van der Waals surface area contributed by atoms with Gasteiger partial charge in [-0.15, -0.1) is 0 Å². The minimum Gasteiger partial charge on any atom is -0.462 e. The van der Waals surface area contributed by atoms with E-state index >= 15 is 0 Å². The van der Waals surface area contributed by atoms with Crippen LogP contribution in [0.3, 0.4) is 0 Å². The molecule has 280 valence electrons. The first-order valence-corrected chi connectivity index (χ1v) is 20.0. The summed E-state index contributed by atoms with van der Waals surface area (Å²) in [6.45, 7) is 6.85. The molecule has 1 fully saturated rings. The van der Waals surface area contributed by atoms with E-state index in [1.165, 1.54) is 81.9 Å². The molecule has 1 aromatic carbocycles. The van der Waals surface area contributed by atoms with Crippen LogP contribution in [0.1, 0.15) is 130 Å². The number of carbonyl (C=O) groups is 2. The number of unbranched alkanes of at least 4 members (excludes halogenated alkanes) is 12. The molecule has 1 aliphatic rings. The molecule has 1 N–H and O–H groups in total. The zero-order chi connectivity index (χ0) is 36.2. The smallest absolute Gasteiger partial charge is 0.459 e. The Morgan fingerprint density at radius 2 is 1.56 bits per heavy atom. The highest BCUT2D eigenvalue weighted by Crippen LogP contribution is 2.45. The Morgan fingerprint density at radius 1 is 0.940 bits per heavy atom. The highest BCUT2D eigenvalue weighted by Gasteiger charge is 2.36. The molecule has 1 unspecified atom stereocenters. The van der Waals surface area contributed by atoms with E-state index in [0.29, 0.717) is 12.1 Å². The second kappa shape index (κ2) is 22.8. The Labute approximate surface area is 297 Å². The highest BCUT2D eigenvalue weighted by molar-refractivity contribution is 7.52. The van der Waals surface area contributed by atoms with Crippen LogP contribution in [0.5, 0.6) is 5.75 Å². The van der Waals surface area contributed by atoms with Crippen LogP contribution < -0.4 is 15.3 Å². The lowest BCUT2D eigenvalue weighted by Gasteiger charge is -2.24. The van der Waals surface area contributed by atoms with Gasteiger partial charge in [-0.1, -0.05) is 102 Å². The molecule has 3 rings (SSSR count). The molecular weight excluding hydrogens is 661 g/mol. The number of aromatic nitrogens is 2. The molecule has 2 heterocycles. The number of esters is 1. The van der Waals surface area contributed by atoms with Gasteiger partial charge in [-0.3, -0.25) is 18.7 Å². The highest BCUT2D eigenvalue weighted by atomic mass is 31.2. The van der Waals surface area contributed by atoms with E-state index in [0.717, 1.165) is 19.3 Å². The van der Waals surface area contributed by atoms with Gasteiger partial charge >= 0.3 is 19.4 Å². The number of nitrogens with one attached hydrogen (secondary N) is 1. The van der Waals surface area contributed by atoms with Crippen LogP contribution in [0.15, 0.2) is 47.4 Å². The number of rotatable bonds is 26. The molecule has 1 aromatic heterocycles. The number of ketones is 1. The second-order valence-electron chi connectivity index (χ2n) is 13.2. The number of benzene rings is 1. The minimum absolute atomic E-state index is 0.0152. The van der Waals surface area contributed by atoms with E-state index in [4.69, 9.17) is 23.3 Å². The van der Waals surface area contributed by atoms with E-state index < -0.39 is 38.0 Å². The SMILES string of the molecule is CCCCCCCCCCCCCCCC(=O)Cc1ccn([C@@H]2CO[C@H](COP(=O)(N[C@@H](C)C(=O)OC(C)C)Oc3ccccc3)O2)c(=O)n1. The monoisotopic (exact) mass is 719 g/mol. The molecule has 50 heavy (non-hydrogen) atoms. The van der Waals surface area contributed by atoms with Gasteiger partial charge in [0.15, 0.2) is 12.5 Å². The molecule has 0 amide bonds. The number of carbonyl (C=O) groups excluding carboxylic acids is 2. The van der Waals surface area contributed by atoms with Crippen LogP contribution in [-0.4, -0.2) is 53.0 Å². The van der Waals surface area contributed by atoms with Crippen LogP contribution in [0.4, 0.5) is 0 Å². The van der Waals surface area contributed by atoms with Gasteiger partial charge in [0, 0.05) is 19.0 Å². The lowest BCUT2D eigenvalue weighted by Crippen LogP contribution is -2.36. The van der Waals surface area contributed by atoms with Crippen molar-refractivity contribution in [3.63, 3.8) is 0 Å². The van der Waals surface area contributed by atoms with Crippen molar-refractivity contribution in [3.8, 4) is 5.75 Å². The Kier molecular flexibility index (Phi) is 19.0. The van der Waals surface area contributed by atoms with Gasteiger partial charge in [-0.25, -0.2) is 9.36 Å². The normalized spacial score (nSPS) is 17.8. The molecular formula is C37H58N3O9P. The molecule has 13 heteroatoms. The zero-order valence-electron chi connectivity index (χ0n) is 30.4. The number of para-hydroxylation sites is 1. The van der Waals surface area contributed by atoms with E-state index in [1.54, 1.807) is 50.2 Å². The molecule has 0 spiro atoms. The predicted octanol–water partition coefficient (Wildman–Crippen LogP) is 7.84. The fourth-order valence-electron chi connectivity index (χ4n) is 5.57. The largest absolute Gasteiger partial charge is 0.462 e. The van der Waals surface area contributed by atoms with Crippen molar-refractivity contribution in [1.29, 1.82) is 0 Å². The molecule has 0 aliphatic carbocycles. The number of hydrogen-bond acceptors (Lipinski definition) is 10. The van der Waals surface area contributed by atoms with E-state index in [1.807, 2.05) is 0 Å². The van der Waals surface area contributed by atoms with Crippen LogP contribution in [-0.2, 0) is 39.3 Å². The summed E-state index contributed by atoms with van der Waals surface area (Å²) in [4.78, 5) is 41.9. The van der Waals surface area contributed by atoms with Crippen molar-refractivity contribution in [2.45, 2.75) is 149 Å². The van der Waals surface area contributed by atoms with Crippen molar-refractivity contribution >= 4 is 19.5 Å². The Morgan fingerprint density at radius 3 is 2.16 bits per heavy atom. The second-order valence-corrected chi connectivity index (χ2v) is 14.9. The molecule has 1 saturated heterocycles. The summed E-state index contributed by atoms with van der Waals surface area (Å²) in [5.74, 6) is -0.289. The van der Waals surface area contributed by atoms with E-state index in [9.17, 15) is 18.9 Å². The van der Waals surface area contributed by atoms with Gasteiger partial charge < -0.3 is 18.7 Å². The summed E-state index contributed by atoms with van der Waals surface area (Å²) < 4.78 is 42.9. The third-order valence-electron chi connectivity index (χ3n) is 8.28. The number of ether oxygens (including phenoxy) is 3. The van der Waals surface area contributed by atoms with Crippen molar-refractivity contribution in [2.75, 3.05) is 13.2 Å². The van der Waals surface area contributed by atoms with Gasteiger partial charge in [0.1, 0.15) is 24.2 Å². The maximum Gasteiger partial charge on any atom is 0.459 e. The Balaban J connectivity index is 1.39. The third kappa shape index (κ3) is 16.0. The first-order valence-electron chi connectivity index (χ1n) is 18.4. The zero-order valence-corrected chi connectivity index (χ0v) is 31.3. The van der Waals surface area contributed by atoms with Gasteiger partial charge in [-0.05, 0) is 45.4 Å². The van der Waals surface area contributed by atoms with E-state index in [2.05, 4.69) is 17.0 Å². The van der Waals surface area contributed by atoms with Crippen LogP contribution in [0.2, 0.25) is 0 Å². The average molecular weight is 720 g/mol. The summed E-state index contributed by atoms with van der Waals surface area (Å²) in [7, 11) is -4.12. The number of nitrogens with zero attached hydrogens (tertiary/aromatic N) is 2. The fourth-order valence-corrected chi connectivity index (χ4v) is 7.04. The Hall–Kier alpha value is -2.89. The first-order chi connectivity index (χ1) is 24.1. The third-order valence-corrected chi connectivity index (χ3v) is 9.92. The summed E-state index contributed by atoms with van der Waals surface area (Å²) in [6, 6.07) is 9.02. The fraction of sp³-hybridized carbons (Fsp3) is 0.676.